The fourth-order valence-corrected chi connectivity index (χ4v) is 2.50. The summed E-state index contributed by atoms with van der Waals surface area (Å²) in [6.45, 7) is 8.32. The molecular weight excluding hydrogens is 188 g/mol. The van der Waals surface area contributed by atoms with Crippen molar-refractivity contribution in [2.45, 2.75) is 51.8 Å². The summed E-state index contributed by atoms with van der Waals surface area (Å²) in [7, 11) is 2.19. The number of hydrogen-bond acceptors (Lipinski definition) is 3. The summed E-state index contributed by atoms with van der Waals surface area (Å²) in [6, 6.07) is 1.05. The van der Waals surface area contributed by atoms with Crippen LogP contribution in [-0.2, 0) is 4.74 Å². The molecular formula is C12H26N2O. The van der Waals surface area contributed by atoms with Crippen LogP contribution in [0.15, 0.2) is 0 Å². The highest BCUT2D eigenvalue weighted by Crippen LogP contribution is 2.22. The average Bonchev–Trinajstić information content (AvgIpc) is 2.59. The molecule has 0 spiro atoms. The maximum Gasteiger partial charge on any atom is 0.0703 e. The van der Waals surface area contributed by atoms with E-state index in [1.807, 2.05) is 0 Å². The van der Waals surface area contributed by atoms with E-state index in [-0.39, 0.29) is 0 Å². The van der Waals surface area contributed by atoms with Crippen molar-refractivity contribution >= 4 is 0 Å². The van der Waals surface area contributed by atoms with E-state index in [4.69, 9.17) is 10.5 Å². The molecule has 0 aliphatic carbocycles. The first kappa shape index (κ1) is 12.9. The molecule has 3 atom stereocenters. The third-order valence-corrected chi connectivity index (χ3v) is 3.45. The maximum atomic E-state index is 5.85. The van der Waals surface area contributed by atoms with E-state index in [0.29, 0.717) is 24.1 Å². The van der Waals surface area contributed by atoms with Crippen molar-refractivity contribution in [1.29, 1.82) is 0 Å². The summed E-state index contributed by atoms with van der Waals surface area (Å²) in [5.41, 5.74) is 5.85. The Balaban J connectivity index is 2.51. The summed E-state index contributed by atoms with van der Waals surface area (Å²) in [5, 5.41) is 0. The zero-order chi connectivity index (χ0) is 11.4. The van der Waals surface area contributed by atoms with Crippen molar-refractivity contribution in [2.24, 2.45) is 11.7 Å². The van der Waals surface area contributed by atoms with Crippen LogP contribution >= 0.6 is 0 Å². The van der Waals surface area contributed by atoms with E-state index in [9.17, 15) is 0 Å². The van der Waals surface area contributed by atoms with Crippen LogP contribution in [0.3, 0.4) is 0 Å². The lowest BCUT2D eigenvalue weighted by Crippen LogP contribution is -2.47. The standard InChI is InChI=1S/C12H26N2O/c1-9(2)7-11(8-13)14(4)12-5-6-15-10(12)3/h9-12H,5-8,13H2,1-4H3. The smallest absolute Gasteiger partial charge is 0.0703 e. The number of rotatable bonds is 5. The predicted molar refractivity (Wildman–Crippen MR) is 63.9 cm³/mol. The average molecular weight is 214 g/mol. The van der Waals surface area contributed by atoms with E-state index in [1.54, 1.807) is 0 Å². The van der Waals surface area contributed by atoms with Crippen LogP contribution in [0.5, 0.6) is 0 Å². The molecule has 0 bridgehead atoms. The van der Waals surface area contributed by atoms with Gasteiger partial charge in [0.2, 0.25) is 0 Å². The quantitative estimate of drug-likeness (QED) is 0.753. The molecule has 0 aromatic heterocycles. The topological polar surface area (TPSA) is 38.5 Å². The van der Waals surface area contributed by atoms with Gasteiger partial charge in [-0.3, -0.25) is 4.90 Å². The molecule has 3 heteroatoms. The van der Waals surface area contributed by atoms with Crippen LogP contribution in [0.2, 0.25) is 0 Å². The molecule has 1 aliphatic heterocycles. The van der Waals surface area contributed by atoms with Crippen molar-refractivity contribution in [1.82, 2.24) is 4.90 Å². The molecule has 3 nitrogen and oxygen atoms in total. The first-order chi connectivity index (χ1) is 7.06. The number of ether oxygens (including phenoxy) is 1. The van der Waals surface area contributed by atoms with Crippen LogP contribution in [-0.4, -0.2) is 43.3 Å². The van der Waals surface area contributed by atoms with Crippen molar-refractivity contribution in [2.75, 3.05) is 20.2 Å². The van der Waals surface area contributed by atoms with Crippen LogP contribution in [0.4, 0.5) is 0 Å². The molecule has 1 fully saturated rings. The normalized spacial score (nSPS) is 29.0. The molecule has 0 aromatic rings. The largest absolute Gasteiger partial charge is 0.377 e. The van der Waals surface area contributed by atoms with E-state index in [0.717, 1.165) is 19.6 Å². The second-order valence-electron chi connectivity index (χ2n) is 5.12. The molecule has 0 radical (unpaired) electrons. The van der Waals surface area contributed by atoms with E-state index >= 15 is 0 Å². The lowest BCUT2D eigenvalue weighted by Gasteiger charge is -2.34. The molecule has 90 valence electrons. The van der Waals surface area contributed by atoms with E-state index in [1.165, 1.54) is 6.42 Å². The molecule has 1 saturated heterocycles. The van der Waals surface area contributed by atoms with Crippen molar-refractivity contribution in [3.8, 4) is 0 Å². The lowest BCUT2D eigenvalue weighted by atomic mass is 10.00. The van der Waals surface area contributed by atoms with Gasteiger partial charge in [-0.25, -0.2) is 0 Å². The summed E-state index contributed by atoms with van der Waals surface area (Å²) < 4.78 is 5.60. The Morgan fingerprint density at radius 2 is 2.13 bits per heavy atom. The summed E-state index contributed by atoms with van der Waals surface area (Å²) in [4.78, 5) is 2.43. The molecule has 3 unspecified atom stereocenters. The van der Waals surface area contributed by atoms with Gasteiger partial charge >= 0.3 is 0 Å². The Bertz CT molecular complexity index is 184. The highest BCUT2D eigenvalue weighted by molar-refractivity contribution is 4.85. The zero-order valence-corrected chi connectivity index (χ0v) is 10.6. The van der Waals surface area contributed by atoms with Gasteiger partial charge < -0.3 is 10.5 Å². The highest BCUT2D eigenvalue weighted by atomic mass is 16.5. The van der Waals surface area contributed by atoms with Gasteiger partial charge in [0.1, 0.15) is 0 Å². The Labute approximate surface area is 94.0 Å². The van der Waals surface area contributed by atoms with Crippen molar-refractivity contribution < 1.29 is 4.74 Å². The molecule has 2 N–H and O–H groups in total. The Morgan fingerprint density at radius 1 is 1.47 bits per heavy atom. The van der Waals surface area contributed by atoms with Gasteiger partial charge in [-0.05, 0) is 32.7 Å². The summed E-state index contributed by atoms with van der Waals surface area (Å²) >= 11 is 0. The highest BCUT2D eigenvalue weighted by Gasteiger charge is 2.31. The number of hydrogen-bond donors (Lipinski definition) is 1. The fourth-order valence-electron chi connectivity index (χ4n) is 2.50. The Hall–Kier alpha value is -0.120. The predicted octanol–water partition coefficient (Wildman–Crippen LogP) is 1.47. The minimum absolute atomic E-state index is 0.358. The molecule has 1 aliphatic rings. The summed E-state index contributed by atoms with van der Waals surface area (Å²) in [5.74, 6) is 0.707. The first-order valence-corrected chi connectivity index (χ1v) is 6.09. The third kappa shape index (κ3) is 3.44. The van der Waals surface area contributed by atoms with E-state index in [2.05, 4.69) is 32.7 Å². The first-order valence-electron chi connectivity index (χ1n) is 6.09. The monoisotopic (exact) mass is 214 g/mol. The molecule has 1 rings (SSSR count). The Morgan fingerprint density at radius 3 is 2.53 bits per heavy atom. The van der Waals surface area contributed by atoms with Crippen LogP contribution in [0, 0.1) is 5.92 Å². The third-order valence-electron chi connectivity index (χ3n) is 3.45. The second-order valence-corrected chi connectivity index (χ2v) is 5.12. The molecule has 1 heterocycles. The van der Waals surface area contributed by atoms with Crippen molar-refractivity contribution in [3.05, 3.63) is 0 Å². The number of nitrogens with two attached hydrogens (primary N) is 1. The van der Waals surface area contributed by atoms with Gasteiger partial charge in [0.15, 0.2) is 0 Å². The summed E-state index contributed by atoms with van der Waals surface area (Å²) in [6.07, 6.45) is 2.68. The minimum Gasteiger partial charge on any atom is -0.377 e. The van der Waals surface area contributed by atoms with Gasteiger partial charge in [-0.2, -0.15) is 0 Å². The molecule has 0 saturated carbocycles. The second kappa shape index (κ2) is 5.83. The fraction of sp³-hybridized carbons (Fsp3) is 1.00. The van der Waals surface area contributed by atoms with Gasteiger partial charge in [-0.15, -0.1) is 0 Å². The van der Waals surface area contributed by atoms with Gasteiger partial charge in [-0.1, -0.05) is 13.8 Å². The Kier molecular flexibility index (Phi) is 5.03. The van der Waals surface area contributed by atoms with Crippen LogP contribution < -0.4 is 5.73 Å². The lowest BCUT2D eigenvalue weighted by molar-refractivity contribution is 0.0644. The number of likely N-dealkylation sites (N-methyl/N-ethyl adjacent to an activating group) is 1. The zero-order valence-electron chi connectivity index (χ0n) is 10.6. The van der Waals surface area contributed by atoms with E-state index < -0.39 is 0 Å². The SMILES string of the molecule is CC(C)CC(CN)N(C)C1CCOC1C. The number of nitrogens with zero attached hydrogens (tertiary/aromatic N) is 1. The molecule has 0 amide bonds. The van der Waals surface area contributed by atoms with Gasteiger partial charge in [0.25, 0.3) is 0 Å². The minimum atomic E-state index is 0.358. The van der Waals surface area contributed by atoms with Crippen LogP contribution in [0.1, 0.15) is 33.6 Å². The maximum absolute atomic E-state index is 5.85. The molecule has 15 heavy (non-hydrogen) atoms. The van der Waals surface area contributed by atoms with Crippen LogP contribution in [0.25, 0.3) is 0 Å². The van der Waals surface area contributed by atoms with Gasteiger partial charge in [0, 0.05) is 25.2 Å². The van der Waals surface area contributed by atoms with Crippen molar-refractivity contribution in [3.63, 3.8) is 0 Å². The molecule has 0 aromatic carbocycles. The van der Waals surface area contributed by atoms with Gasteiger partial charge in [0.05, 0.1) is 6.10 Å².